The maximum Gasteiger partial charge on any atom is 0.191 e. The summed E-state index contributed by atoms with van der Waals surface area (Å²) in [6.45, 7) is 0.617. The fourth-order valence-corrected chi connectivity index (χ4v) is 4.76. The van der Waals surface area contributed by atoms with E-state index in [-0.39, 0.29) is 0 Å². The van der Waals surface area contributed by atoms with Gasteiger partial charge in [-0.2, -0.15) is 0 Å². The second-order valence-electron chi connectivity index (χ2n) is 7.93. The van der Waals surface area contributed by atoms with Crippen molar-refractivity contribution in [1.29, 1.82) is 0 Å². The fraction of sp³-hybridized carbons (Fsp3) is 0.944. The number of aliphatic imine (C=N–C) groups is 1. The lowest BCUT2D eigenvalue weighted by molar-refractivity contribution is 0.00835. The first-order valence-electron chi connectivity index (χ1n) is 9.51. The van der Waals surface area contributed by atoms with Gasteiger partial charge in [0.25, 0.3) is 0 Å². The Kier molecular flexibility index (Phi) is 5.47. The molecular formula is C18H34N4O. The number of aliphatic hydroxyl groups is 1. The molecule has 1 saturated carbocycles. The molecule has 3 fully saturated rings. The van der Waals surface area contributed by atoms with Crippen molar-refractivity contribution in [1.82, 2.24) is 15.5 Å². The van der Waals surface area contributed by atoms with Crippen molar-refractivity contribution < 1.29 is 5.11 Å². The second kappa shape index (κ2) is 7.39. The lowest BCUT2D eigenvalue weighted by Crippen LogP contribution is -2.57. The van der Waals surface area contributed by atoms with Crippen LogP contribution in [0.5, 0.6) is 0 Å². The van der Waals surface area contributed by atoms with Crippen LogP contribution in [-0.4, -0.2) is 60.3 Å². The van der Waals surface area contributed by atoms with Gasteiger partial charge in [-0.15, -0.1) is 0 Å². The molecule has 0 aromatic rings. The van der Waals surface area contributed by atoms with Crippen LogP contribution < -0.4 is 10.6 Å². The van der Waals surface area contributed by atoms with Crippen molar-refractivity contribution in [2.45, 2.75) is 87.9 Å². The molecule has 5 nitrogen and oxygen atoms in total. The van der Waals surface area contributed by atoms with E-state index in [0.29, 0.717) is 12.6 Å². The van der Waals surface area contributed by atoms with Gasteiger partial charge in [-0.25, -0.2) is 0 Å². The molecule has 3 N–H and O–H groups in total. The predicted molar refractivity (Wildman–Crippen MR) is 94.7 cm³/mol. The van der Waals surface area contributed by atoms with E-state index >= 15 is 0 Å². The molecule has 3 rings (SSSR count). The van der Waals surface area contributed by atoms with Crippen molar-refractivity contribution in [2.24, 2.45) is 4.99 Å². The molecule has 2 aliphatic heterocycles. The van der Waals surface area contributed by atoms with Gasteiger partial charge in [-0.05, 0) is 45.6 Å². The molecule has 2 saturated heterocycles. The first-order chi connectivity index (χ1) is 11.1. The number of piperidine rings is 2. The normalized spacial score (nSPS) is 34.9. The van der Waals surface area contributed by atoms with Crippen LogP contribution in [0.2, 0.25) is 0 Å². The number of fused-ring (bicyclic) bond motifs is 2. The zero-order chi connectivity index (χ0) is 16.3. The molecule has 0 amide bonds. The summed E-state index contributed by atoms with van der Waals surface area (Å²) < 4.78 is 0. The smallest absolute Gasteiger partial charge is 0.191 e. The Morgan fingerprint density at radius 1 is 1.13 bits per heavy atom. The SMILES string of the molecule is CN=C(NCC1(O)CCCCC1)NC1CC2CCCC(C1)N2C. The summed E-state index contributed by atoms with van der Waals surface area (Å²) in [6.07, 6.45) is 11.8. The lowest BCUT2D eigenvalue weighted by atomic mass is 9.82. The average Bonchev–Trinajstić information content (AvgIpc) is 2.53. The number of nitrogens with zero attached hydrogens (tertiary/aromatic N) is 2. The summed E-state index contributed by atoms with van der Waals surface area (Å²) >= 11 is 0. The van der Waals surface area contributed by atoms with Crippen LogP contribution >= 0.6 is 0 Å². The fourth-order valence-electron chi connectivity index (χ4n) is 4.76. The largest absolute Gasteiger partial charge is 0.388 e. The third-order valence-corrected chi connectivity index (χ3v) is 6.27. The van der Waals surface area contributed by atoms with Crippen molar-refractivity contribution in [3.05, 3.63) is 0 Å². The van der Waals surface area contributed by atoms with Gasteiger partial charge >= 0.3 is 0 Å². The van der Waals surface area contributed by atoms with Gasteiger partial charge in [-0.3, -0.25) is 4.99 Å². The minimum atomic E-state index is -0.542. The quantitative estimate of drug-likeness (QED) is 0.548. The summed E-state index contributed by atoms with van der Waals surface area (Å²) in [5.74, 6) is 0.858. The lowest BCUT2D eigenvalue weighted by Gasteiger charge is -2.47. The van der Waals surface area contributed by atoms with Crippen LogP contribution in [0.4, 0.5) is 0 Å². The van der Waals surface area contributed by atoms with Crippen LogP contribution in [0, 0.1) is 0 Å². The van der Waals surface area contributed by atoms with E-state index in [1.807, 2.05) is 7.05 Å². The Labute approximate surface area is 140 Å². The molecule has 5 heteroatoms. The van der Waals surface area contributed by atoms with Gasteiger partial charge in [0.1, 0.15) is 0 Å². The summed E-state index contributed by atoms with van der Waals surface area (Å²) in [6, 6.07) is 1.95. The van der Waals surface area contributed by atoms with E-state index in [0.717, 1.165) is 43.7 Å². The Hall–Kier alpha value is -0.810. The molecule has 2 unspecified atom stereocenters. The van der Waals surface area contributed by atoms with E-state index < -0.39 is 5.60 Å². The molecule has 23 heavy (non-hydrogen) atoms. The molecular weight excluding hydrogens is 288 g/mol. The Morgan fingerprint density at radius 2 is 1.78 bits per heavy atom. The van der Waals surface area contributed by atoms with Crippen molar-refractivity contribution in [2.75, 3.05) is 20.6 Å². The first-order valence-corrected chi connectivity index (χ1v) is 9.51. The molecule has 1 aliphatic carbocycles. The van der Waals surface area contributed by atoms with E-state index in [1.54, 1.807) is 0 Å². The molecule has 0 radical (unpaired) electrons. The highest BCUT2D eigenvalue weighted by Gasteiger charge is 2.36. The monoisotopic (exact) mass is 322 g/mol. The van der Waals surface area contributed by atoms with Gasteiger partial charge in [0.05, 0.1) is 5.60 Å². The summed E-state index contributed by atoms with van der Waals surface area (Å²) in [7, 11) is 4.12. The Morgan fingerprint density at radius 3 is 2.39 bits per heavy atom. The van der Waals surface area contributed by atoms with Gasteiger partial charge in [0.15, 0.2) is 5.96 Å². The maximum absolute atomic E-state index is 10.6. The third-order valence-electron chi connectivity index (χ3n) is 6.27. The molecule has 2 atom stereocenters. The average molecular weight is 322 g/mol. The second-order valence-corrected chi connectivity index (χ2v) is 7.93. The van der Waals surface area contributed by atoms with E-state index in [4.69, 9.17) is 0 Å². The maximum atomic E-state index is 10.6. The van der Waals surface area contributed by atoms with Gasteiger partial charge in [0.2, 0.25) is 0 Å². The van der Waals surface area contributed by atoms with Crippen LogP contribution in [0.3, 0.4) is 0 Å². The summed E-state index contributed by atoms with van der Waals surface area (Å²) in [4.78, 5) is 6.97. The highest BCUT2D eigenvalue weighted by atomic mass is 16.3. The Balaban J connectivity index is 1.50. The Bertz CT molecular complexity index is 405. The minimum absolute atomic E-state index is 0.508. The standard InChI is InChI=1S/C18H34N4O/c1-19-17(20-13-18(23)9-4-3-5-10-18)21-14-11-15-7-6-8-16(12-14)22(15)2/h14-16,23H,3-13H2,1-2H3,(H2,19,20,21). The van der Waals surface area contributed by atoms with Crippen LogP contribution in [0.15, 0.2) is 4.99 Å². The number of guanidine groups is 1. The molecule has 2 heterocycles. The topological polar surface area (TPSA) is 59.9 Å². The van der Waals surface area contributed by atoms with E-state index in [2.05, 4.69) is 27.6 Å². The highest BCUT2D eigenvalue weighted by molar-refractivity contribution is 5.80. The number of rotatable bonds is 3. The molecule has 2 bridgehead atoms. The minimum Gasteiger partial charge on any atom is -0.388 e. The van der Waals surface area contributed by atoms with Gasteiger partial charge in [-0.1, -0.05) is 25.7 Å². The highest BCUT2D eigenvalue weighted by Crippen LogP contribution is 2.32. The number of nitrogens with one attached hydrogen (secondary N) is 2. The molecule has 0 aromatic carbocycles. The van der Waals surface area contributed by atoms with Gasteiger partial charge < -0.3 is 20.6 Å². The van der Waals surface area contributed by atoms with Crippen LogP contribution in [-0.2, 0) is 0 Å². The number of hydrogen-bond acceptors (Lipinski definition) is 3. The van der Waals surface area contributed by atoms with Crippen LogP contribution in [0.1, 0.15) is 64.2 Å². The number of hydrogen-bond donors (Lipinski definition) is 3. The summed E-state index contributed by atoms with van der Waals surface area (Å²) in [5.41, 5.74) is -0.542. The van der Waals surface area contributed by atoms with E-state index in [1.165, 1.54) is 38.5 Å². The zero-order valence-corrected chi connectivity index (χ0v) is 14.9. The molecule has 3 aliphatic rings. The van der Waals surface area contributed by atoms with Crippen molar-refractivity contribution >= 4 is 5.96 Å². The molecule has 0 aromatic heterocycles. The van der Waals surface area contributed by atoms with E-state index in [9.17, 15) is 5.11 Å². The first kappa shape index (κ1) is 17.0. The summed E-state index contributed by atoms with van der Waals surface area (Å²) in [5, 5.41) is 17.6. The zero-order valence-electron chi connectivity index (χ0n) is 14.9. The van der Waals surface area contributed by atoms with Crippen molar-refractivity contribution in [3.8, 4) is 0 Å². The van der Waals surface area contributed by atoms with Gasteiger partial charge in [0, 0.05) is 31.7 Å². The third kappa shape index (κ3) is 4.18. The predicted octanol–water partition coefficient (Wildman–Crippen LogP) is 1.86. The molecule has 0 spiro atoms. The molecule has 132 valence electrons. The van der Waals surface area contributed by atoms with Crippen molar-refractivity contribution in [3.63, 3.8) is 0 Å². The van der Waals surface area contributed by atoms with Crippen LogP contribution in [0.25, 0.3) is 0 Å².